The summed E-state index contributed by atoms with van der Waals surface area (Å²) in [6.07, 6.45) is 0.535. The van der Waals surface area contributed by atoms with E-state index >= 15 is 0 Å². The minimum atomic E-state index is -0.665. The van der Waals surface area contributed by atoms with Crippen molar-refractivity contribution in [3.8, 4) is 0 Å². The van der Waals surface area contributed by atoms with Crippen LogP contribution in [0.3, 0.4) is 0 Å². The van der Waals surface area contributed by atoms with Gasteiger partial charge in [-0.25, -0.2) is 4.79 Å². The lowest BCUT2D eigenvalue weighted by atomic mass is 10.2. The van der Waals surface area contributed by atoms with Crippen molar-refractivity contribution in [1.82, 2.24) is 9.55 Å². The summed E-state index contributed by atoms with van der Waals surface area (Å²) in [5.41, 5.74) is 5.86. The van der Waals surface area contributed by atoms with Gasteiger partial charge in [0.15, 0.2) is 5.69 Å². The lowest BCUT2D eigenvalue weighted by molar-refractivity contribution is -0.116. The summed E-state index contributed by atoms with van der Waals surface area (Å²) in [5.74, 6) is 1.26. The summed E-state index contributed by atoms with van der Waals surface area (Å²) in [6.45, 7) is 5.06. The zero-order valence-corrected chi connectivity index (χ0v) is 18.5. The van der Waals surface area contributed by atoms with E-state index in [2.05, 4.69) is 18.8 Å². The number of H-pyrrole nitrogens is 1. The van der Waals surface area contributed by atoms with Crippen LogP contribution in [0.5, 0.6) is 0 Å². The van der Waals surface area contributed by atoms with E-state index in [1.807, 2.05) is 30.3 Å². The van der Waals surface area contributed by atoms with Gasteiger partial charge in [-0.05, 0) is 23.7 Å². The molecule has 1 heterocycles. The average molecular weight is 435 g/mol. The molecule has 1 aromatic heterocycles. The lowest BCUT2D eigenvalue weighted by Crippen LogP contribution is -2.42. The van der Waals surface area contributed by atoms with E-state index in [0.717, 1.165) is 11.3 Å². The Morgan fingerprint density at radius 1 is 1.27 bits per heavy atom. The van der Waals surface area contributed by atoms with E-state index in [1.54, 1.807) is 7.11 Å². The summed E-state index contributed by atoms with van der Waals surface area (Å²) < 4.78 is 6.37. The Hall–Kier alpha value is -2.52. The van der Waals surface area contributed by atoms with E-state index in [4.69, 9.17) is 10.5 Å². The number of thioether (sulfide) groups is 1. The second-order valence-electron chi connectivity index (χ2n) is 7.37. The molecule has 0 bridgehead atoms. The highest BCUT2D eigenvalue weighted by Gasteiger charge is 2.24. The molecule has 0 aliphatic carbocycles. The fraction of sp³-hybridized carbons (Fsp3) is 0.476. The number of benzene rings is 1. The van der Waals surface area contributed by atoms with Gasteiger partial charge in [-0.3, -0.25) is 19.1 Å². The molecule has 0 saturated carbocycles. The predicted molar refractivity (Wildman–Crippen MR) is 122 cm³/mol. The van der Waals surface area contributed by atoms with Gasteiger partial charge in [0.2, 0.25) is 5.91 Å². The van der Waals surface area contributed by atoms with Crippen LogP contribution in [0.1, 0.15) is 25.8 Å². The van der Waals surface area contributed by atoms with Crippen LogP contribution in [0.15, 0.2) is 39.9 Å². The maximum absolute atomic E-state index is 12.9. The van der Waals surface area contributed by atoms with E-state index in [9.17, 15) is 14.4 Å². The highest BCUT2D eigenvalue weighted by atomic mass is 32.2. The number of hydrogen-bond acceptors (Lipinski definition) is 6. The number of aromatic nitrogens is 2. The molecule has 0 aliphatic rings. The first-order valence-corrected chi connectivity index (χ1v) is 11.0. The Labute approximate surface area is 180 Å². The number of nitrogens with two attached hydrogens (primary N) is 1. The number of nitrogen functional groups attached to an aromatic ring is 1. The second-order valence-corrected chi connectivity index (χ2v) is 8.40. The summed E-state index contributed by atoms with van der Waals surface area (Å²) in [5, 5.41) is 0. The molecule has 2 aromatic rings. The van der Waals surface area contributed by atoms with Gasteiger partial charge in [-0.15, -0.1) is 0 Å². The van der Waals surface area contributed by atoms with Crippen molar-refractivity contribution >= 4 is 29.2 Å². The molecule has 0 radical (unpaired) electrons. The molecule has 8 nitrogen and oxygen atoms in total. The van der Waals surface area contributed by atoms with Gasteiger partial charge < -0.3 is 15.4 Å². The van der Waals surface area contributed by atoms with Gasteiger partial charge in [0.1, 0.15) is 5.82 Å². The van der Waals surface area contributed by atoms with Crippen molar-refractivity contribution < 1.29 is 9.53 Å². The molecule has 0 fully saturated rings. The molecule has 1 aromatic carbocycles. The first kappa shape index (κ1) is 23.8. The third kappa shape index (κ3) is 6.50. The molecule has 9 heteroatoms. The highest BCUT2D eigenvalue weighted by molar-refractivity contribution is 7.99. The van der Waals surface area contributed by atoms with Gasteiger partial charge in [0.25, 0.3) is 5.56 Å². The Kier molecular flexibility index (Phi) is 9.19. The quantitative estimate of drug-likeness (QED) is 0.523. The third-order valence-corrected chi connectivity index (χ3v) is 5.73. The first-order valence-electron chi connectivity index (χ1n) is 9.88. The predicted octanol–water partition coefficient (Wildman–Crippen LogP) is 1.93. The molecule has 3 N–H and O–H groups in total. The molecule has 30 heavy (non-hydrogen) atoms. The topological polar surface area (TPSA) is 110 Å². The second kappa shape index (κ2) is 11.6. The van der Waals surface area contributed by atoms with Crippen molar-refractivity contribution in [2.24, 2.45) is 5.92 Å². The van der Waals surface area contributed by atoms with Gasteiger partial charge in [-0.1, -0.05) is 44.2 Å². The standard InChI is InChI=1S/C21H30N4O4S/c1-15(2)13-30-14-17(26)24(10-7-11-29-3)18-19(22)25(21(28)23-20(18)27)12-16-8-5-4-6-9-16/h4-6,8-9,15H,7,10-14,22H2,1-3H3,(H,23,27,28). The fourth-order valence-corrected chi connectivity index (χ4v) is 3.87. The van der Waals surface area contributed by atoms with Crippen LogP contribution in [0, 0.1) is 5.92 Å². The van der Waals surface area contributed by atoms with Crippen molar-refractivity contribution in [2.75, 3.05) is 42.4 Å². The Bertz CT molecular complexity index is 940. The molecule has 0 aliphatic heterocycles. The molecular formula is C21H30N4O4S. The van der Waals surface area contributed by atoms with Gasteiger partial charge in [-0.2, -0.15) is 11.8 Å². The van der Waals surface area contributed by atoms with Gasteiger partial charge >= 0.3 is 5.69 Å². The zero-order valence-electron chi connectivity index (χ0n) is 17.7. The number of hydrogen-bond donors (Lipinski definition) is 2. The van der Waals surface area contributed by atoms with Crippen LogP contribution in [-0.2, 0) is 16.1 Å². The van der Waals surface area contributed by atoms with Crippen molar-refractivity contribution in [2.45, 2.75) is 26.8 Å². The number of ether oxygens (including phenoxy) is 1. The van der Waals surface area contributed by atoms with Crippen LogP contribution in [-0.4, -0.2) is 47.2 Å². The number of anilines is 2. The van der Waals surface area contributed by atoms with E-state index < -0.39 is 11.2 Å². The van der Waals surface area contributed by atoms with Crippen LogP contribution < -0.4 is 21.9 Å². The van der Waals surface area contributed by atoms with Crippen LogP contribution in [0.2, 0.25) is 0 Å². The molecule has 1 amide bonds. The van der Waals surface area contributed by atoms with Crippen molar-refractivity contribution in [3.63, 3.8) is 0 Å². The number of rotatable bonds is 11. The minimum absolute atomic E-state index is 0.0109. The smallest absolute Gasteiger partial charge is 0.330 e. The Morgan fingerprint density at radius 2 is 1.97 bits per heavy atom. The molecule has 0 spiro atoms. The molecule has 0 saturated heterocycles. The molecule has 2 rings (SSSR count). The minimum Gasteiger partial charge on any atom is -0.385 e. The number of carbonyl (C=O) groups excluding carboxylic acids is 1. The maximum atomic E-state index is 12.9. The van der Waals surface area contributed by atoms with Crippen LogP contribution >= 0.6 is 11.8 Å². The molecule has 0 atom stereocenters. The number of nitrogens with zero attached hydrogens (tertiary/aromatic N) is 2. The SMILES string of the molecule is COCCCN(C(=O)CSCC(C)C)c1c(N)n(Cc2ccccc2)c(=O)[nH]c1=O. The lowest BCUT2D eigenvalue weighted by Gasteiger charge is -2.24. The van der Waals surface area contributed by atoms with E-state index in [-0.39, 0.29) is 36.3 Å². The van der Waals surface area contributed by atoms with E-state index in [0.29, 0.717) is 18.9 Å². The number of aromatic amines is 1. The van der Waals surface area contributed by atoms with E-state index in [1.165, 1.54) is 21.2 Å². The average Bonchev–Trinajstić information content (AvgIpc) is 2.70. The number of amides is 1. The Morgan fingerprint density at radius 3 is 2.60 bits per heavy atom. The summed E-state index contributed by atoms with van der Waals surface area (Å²) in [4.78, 5) is 41.7. The largest absolute Gasteiger partial charge is 0.385 e. The summed E-state index contributed by atoms with van der Waals surface area (Å²) in [7, 11) is 1.58. The summed E-state index contributed by atoms with van der Waals surface area (Å²) in [6, 6.07) is 9.31. The first-order chi connectivity index (χ1) is 14.3. The van der Waals surface area contributed by atoms with Crippen molar-refractivity contribution in [1.29, 1.82) is 0 Å². The normalized spacial score (nSPS) is 11.1. The van der Waals surface area contributed by atoms with Crippen LogP contribution in [0.25, 0.3) is 0 Å². The van der Waals surface area contributed by atoms with Crippen molar-refractivity contribution in [3.05, 3.63) is 56.7 Å². The molecular weight excluding hydrogens is 404 g/mol. The number of carbonyl (C=O) groups is 1. The van der Waals surface area contributed by atoms with Gasteiger partial charge in [0.05, 0.1) is 12.3 Å². The monoisotopic (exact) mass is 434 g/mol. The van der Waals surface area contributed by atoms with Crippen LogP contribution in [0.4, 0.5) is 11.5 Å². The maximum Gasteiger partial charge on any atom is 0.330 e. The highest BCUT2D eigenvalue weighted by Crippen LogP contribution is 2.20. The van der Waals surface area contributed by atoms with Gasteiger partial charge in [0, 0.05) is 20.3 Å². The zero-order chi connectivity index (χ0) is 22.1. The fourth-order valence-electron chi connectivity index (χ4n) is 2.95. The number of methoxy groups -OCH3 is 1. The Balaban J connectivity index is 2.40. The third-order valence-electron chi connectivity index (χ3n) is 4.38. The molecule has 0 unspecified atom stereocenters. The number of nitrogens with one attached hydrogen (secondary N) is 1. The summed E-state index contributed by atoms with van der Waals surface area (Å²) >= 11 is 1.51. The molecule has 164 valence electrons.